The standard InChI is InChI=1S/C21H21N5O2/c27-19-13-18(17-3-1-2-9-23-17)24-21(25-19)16-8-12-26(14-16)20(28)5-4-15-6-10-22-11-7-15/h1-3,6-7,9-11,13,16H,4-5,8,12,14H2,(H,24,25,27)/t16-/m1/s1. The van der Waals surface area contributed by atoms with Crippen LogP contribution in [0.5, 0.6) is 0 Å². The van der Waals surface area contributed by atoms with Gasteiger partial charge < -0.3 is 9.88 Å². The molecule has 142 valence electrons. The molecular weight excluding hydrogens is 354 g/mol. The van der Waals surface area contributed by atoms with E-state index in [1.54, 1.807) is 18.6 Å². The van der Waals surface area contributed by atoms with Gasteiger partial charge in [-0.05, 0) is 42.7 Å². The van der Waals surface area contributed by atoms with Crippen molar-refractivity contribution in [2.45, 2.75) is 25.2 Å². The molecule has 28 heavy (non-hydrogen) atoms. The maximum absolute atomic E-state index is 12.6. The number of hydrogen-bond acceptors (Lipinski definition) is 5. The number of nitrogens with zero attached hydrogens (tertiary/aromatic N) is 4. The van der Waals surface area contributed by atoms with Crippen LogP contribution >= 0.6 is 0 Å². The molecule has 1 aliphatic rings. The SMILES string of the molecule is O=C(CCc1ccncc1)N1CC[C@@H](c2nc(-c3ccccn3)cc(=O)[nH]2)C1. The molecule has 1 atom stereocenters. The summed E-state index contributed by atoms with van der Waals surface area (Å²) >= 11 is 0. The first-order chi connectivity index (χ1) is 13.7. The van der Waals surface area contributed by atoms with Gasteiger partial charge in [0.2, 0.25) is 5.91 Å². The highest BCUT2D eigenvalue weighted by Gasteiger charge is 2.29. The number of aryl methyl sites for hydroxylation is 1. The lowest BCUT2D eigenvalue weighted by atomic mass is 10.1. The van der Waals surface area contributed by atoms with Crippen molar-refractivity contribution in [3.8, 4) is 11.4 Å². The van der Waals surface area contributed by atoms with Crippen molar-refractivity contribution in [1.82, 2.24) is 24.8 Å². The molecule has 0 bridgehead atoms. The quantitative estimate of drug-likeness (QED) is 0.738. The molecule has 1 N–H and O–H groups in total. The summed E-state index contributed by atoms with van der Waals surface area (Å²) in [6.07, 6.45) is 7.11. The fourth-order valence-corrected chi connectivity index (χ4v) is 3.48. The Kier molecular flexibility index (Phi) is 5.23. The molecule has 1 amide bonds. The van der Waals surface area contributed by atoms with Crippen LogP contribution in [0.25, 0.3) is 11.4 Å². The molecule has 0 aromatic carbocycles. The van der Waals surface area contributed by atoms with Gasteiger partial charge >= 0.3 is 0 Å². The summed E-state index contributed by atoms with van der Waals surface area (Å²) in [5.74, 6) is 0.779. The fourth-order valence-electron chi connectivity index (χ4n) is 3.48. The summed E-state index contributed by atoms with van der Waals surface area (Å²) in [6.45, 7) is 1.25. The van der Waals surface area contributed by atoms with E-state index >= 15 is 0 Å². The van der Waals surface area contributed by atoms with Gasteiger partial charge in [-0.3, -0.25) is 19.6 Å². The van der Waals surface area contributed by atoms with Crippen molar-refractivity contribution in [3.05, 3.63) is 76.7 Å². The number of hydrogen-bond donors (Lipinski definition) is 1. The number of aromatic nitrogens is 4. The number of likely N-dealkylation sites (tertiary alicyclic amines) is 1. The number of aromatic amines is 1. The highest BCUT2D eigenvalue weighted by molar-refractivity contribution is 5.76. The number of H-pyrrole nitrogens is 1. The molecule has 7 nitrogen and oxygen atoms in total. The molecule has 0 unspecified atom stereocenters. The Bertz CT molecular complexity index is 1000. The minimum absolute atomic E-state index is 0.0289. The third-order valence-corrected chi connectivity index (χ3v) is 4.99. The number of pyridine rings is 2. The topological polar surface area (TPSA) is 91.8 Å². The highest BCUT2D eigenvalue weighted by Crippen LogP contribution is 2.26. The van der Waals surface area contributed by atoms with Gasteiger partial charge in [-0.15, -0.1) is 0 Å². The normalized spacial score (nSPS) is 16.3. The van der Waals surface area contributed by atoms with Gasteiger partial charge in [0, 0.05) is 50.1 Å². The lowest BCUT2D eigenvalue weighted by molar-refractivity contribution is -0.130. The Morgan fingerprint density at radius 3 is 2.79 bits per heavy atom. The van der Waals surface area contributed by atoms with E-state index in [1.165, 1.54) is 6.07 Å². The van der Waals surface area contributed by atoms with Gasteiger partial charge in [-0.25, -0.2) is 4.98 Å². The Labute approximate surface area is 162 Å². The predicted octanol–water partition coefficient (Wildman–Crippen LogP) is 2.18. The van der Waals surface area contributed by atoms with Crippen LogP contribution in [0.3, 0.4) is 0 Å². The van der Waals surface area contributed by atoms with Crippen molar-refractivity contribution < 1.29 is 4.79 Å². The number of amides is 1. The van der Waals surface area contributed by atoms with Crippen molar-refractivity contribution in [1.29, 1.82) is 0 Å². The molecule has 3 aromatic rings. The van der Waals surface area contributed by atoms with Crippen LogP contribution < -0.4 is 5.56 Å². The van der Waals surface area contributed by atoms with Crippen LogP contribution in [-0.2, 0) is 11.2 Å². The van der Waals surface area contributed by atoms with Crippen molar-refractivity contribution in [2.24, 2.45) is 0 Å². The van der Waals surface area contributed by atoms with E-state index in [0.29, 0.717) is 43.1 Å². The highest BCUT2D eigenvalue weighted by atomic mass is 16.2. The van der Waals surface area contributed by atoms with Gasteiger partial charge in [0.05, 0.1) is 11.4 Å². The van der Waals surface area contributed by atoms with E-state index in [-0.39, 0.29) is 17.4 Å². The monoisotopic (exact) mass is 375 g/mol. The van der Waals surface area contributed by atoms with Crippen LogP contribution in [0.15, 0.2) is 59.8 Å². The van der Waals surface area contributed by atoms with E-state index in [9.17, 15) is 9.59 Å². The van der Waals surface area contributed by atoms with Crippen LogP contribution in [0, 0.1) is 0 Å². The first-order valence-electron chi connectivity index (χ1n) is 9.38. The maximum atomic E-state index is 12.6. The van der Waals surface area contributed by atoms with E-state index in [2.05, 4.69) is 19.9 Å². The fraction of sp³-hybridized carbons (Fsp3) is 0.286. The minimum Gasteiger partial charge on any atom is -0.342 e. The van der Waals surface area contributed by atoms with Crippen molar-refractivity contribution in [2.75, 3.05) is 13.1 Å². The van der Waals surface area contributed by atoms with Gasteiger partial charge in [-0.2, -0.15) is 0 Å². The first kappa shape index (κ1) is 18.0. The van der Waals surface area contributed by atoms with Crippen LogP contribution in [0.1, 0.15) is 30.1 Å². The first-order valence-corrected chi connectivity index (χ1v) is 9.38. The molecule has 3 aromatic heterocycles. The molecule has 4 rings (SSSR count). The van der Waals surface area contributed by atoms with Crippen LogP contribution in [0.4, 0.5) is 0 Å². The predicted molar refractivity (Wildman–Crippen MR) is 105 cm³/mol. The van der Waals surface area contributed by atoms with Crippen molar-refractivity contribution >= 4 is 5.91 Å². The lowest BCUT2D eigenvalue weighted by Gasteiger charge is -2.16. The second kappa shape index (κ2) is 8.12. The Hall–Kier alpha value is -3.35. The lowest BCUT2D eigenvalue weighted by Crippen LogP contribution is -2.29. The van der Waals surface area contributed by atoms with E-state index < -0.39 is 0 Å². The van der Waals surface area contributed by atoms with E-state index in [4.69, 9.17) is 0 Å². The van der Waals surface area contributed by atoms with Gasteiger partial charge in [0.15, 0.2) is 0 Å². The molecule has 0 radical (unpaired) electrons. The molecule has 0 spiro atoms. The van der Waals surface area contributed by atoms with Crippen LogP contribution in [0.2, 0.25) is 0 Å². The summed E-state index contributed by atoms with van der Waals surface area (Å²) in [7, 11) is 0. The average Bonchev–Trinajstić information content (AvgIpc) is 3.23. The largest absolute Gasteiger partial charge is 0.342 e. The van der Waals surface area contributed by atoms with Gasteiger partial charge in [0.1, 0.15) is 5.82 Å². The molecular formula is C21H21N5O2. The summed E-state index contributed by atoms with van der Waals surface area (Å²) in [6, 6.07) is 10.8. The third kappa shape index (κ3) is 4.14. The average molecular weight is 375 g/mol. The van der Waals surface area contributed by atoms with Gasteiger partial charge in [-0.1, -0.05) is 6.07 Å². The zero-order valence-corrected chi connectivity index (χ0v) is 15.4. The third-order valence-electron chi connectivity index (χ3n) is 4.99. The Morgan fingerprint density at radius 1 is 1.14 bits per heavy atom. The summed E-state index contributed by atoms with van der Waals surface area (Å²) < 4.78 is 0. The van der Waals surface area contributed by atoms with E-state index in [1.807, 2.05) is 35.2 Å². The molecule has 1 fully saturated rings. The number of nitrogens with one attached hydrogen (secondary N) is 1. The maximum Gasteiger partial charge on any atom is 0.251 e. The summed E-state index contributed by atoms with van der Waals surface area (Å²) in [5, 5.41) is 0. The number of carbonyl (C=O) groups is 1. The smallest absolute Gasteiger partial charge is 0.251 e. The Balaban J connectivity index is 1.43. The molecule has 0 saturated carbocycles. The summed E-state index contributed by atoms with van der Waals surface area (Å²) in [5.41, 5.74) is 2.13. The van der Waals surface area contributed by atoms with Crippen molar-refractivity contribution in [3.63, 3.8) is 0 Å². The number of carbonyl (C=O) groups excluding carboxylic acids is 1. The molecule has 1 saturated heterocycles. The second-order valence-electron chi connectivity index (χ2n) is 6.91. The van der Waals surface area contributed by atoms with Gasteiger partial charge in [0.25, 0.3) is 5.56 Å². The molecule has 1 aliphatic heterocycles. The molecule has 0 aliphatic carbocycles. The zero-order chi connectivity index (χ0) is 19.3. The zero-order valence-electron chi connectivity index (χ0n) is 15.4. The Morgan fingerprint density at radius 2 is 2.00 bits per heavy atom. The van der Waals surface area contributed by atoms with Crippen LogP contribution in [-0.4, -0.2) is 43.8 Å². The molecule has 7 heteroatoms. The van der Waals surface area contributed by atoms with E-state index in [0.717, 1.165) is 12.0 Å². The minimum atomic E-state index is -0.201. The molecule has 4 heterocycles. The second-order valence-corrected chi connectivity index (χ2v) is 6.91. The summed E-state index contributed by atoms with van der Waals surface area (Å²) in [4.78, 5) is 42.2. The number of rotatable bonds is 5.